The zero-order chi connectivity index (χ0) is 22.0. The number of benzene rings is 1. The third kappa shape index (κ3) is 13.9. The first-order valence-corrected chi connectivity index (χ1v) is 12.1. The molecule has 170 valence electrons. The largest absolute Gasteiger partial charge is 0.466 e. The molecule has 1 rings (SSSR count). The molecule has 0 saturated heterocycles. The van der Waals surface area contributed by atoms with Crippen LogP contribution in [0.15, 0.2) is 18.2 Å². The SMILES string of the molecule is CCCCCCCCOC(=O)CCCCCCCCC(=O)Oc1ccc(Cl)cc1Cl. The number of unbranched alkanes of at least 4 members (excludes halogenated alkanes) is 10. The summed E-state index contributed by atoms with van der Waals surface area (Å²) in [5, 5.41) is 0.840. The van der Waals surface area contributed by atoms with Gasteiger partial charge in [0.05, 0.1) is 11.6 Å². The average molecular weight is 459 g/mol. The Bertz CT molecular complexity index is 619. The highest BCUT2D eigenvalue weighted by Gasteiger charge is 2.09. The molecule has 30 heavy (non-hydrogen) atoms. The van der Waals surface area contributed by atoms with E-state index in [4.69, 9.17) is 32.7 Å². The second-order valence-corrected chi connectivity index (χ2v) is 8.50. The van der Waals surface area contributed by atoms with Gasteiger partial charge < -0.3 is 9.47 Å². The summed E-state index contributed by atoms with van der Waals surface area (Å²) in [5.41, 5.74) is 0. The standard InChI is InChI=1S/C24H36Cl2O4/c1-2-3-4-5-10-13-18-29-23(27)14-11-8-6-7-9-12-15-24(28)30-22-17-16-20(25)19-21(22)26/h16-17,19H,2-15,18H2,1H3. The summed E-state index contributed by atoms with van der Waals surface area (Å²) < 4.78 is 10.5. The van der Waals surface area contributed by atoms with Gasteiger partial charge in [0, 0.05) is 17.9 Å². The first-order valence-electron chi connectivity index (χ1n) is 11.3. The van der Waals surface area contributed by atoms with E-state index in [2.05, 4.69) is 6.92 Å². The highest BCUT2D eigenvalue weighted by Crippen LogP contribution is 2.27. The minimum Gasteiger partial charge on any atom is -0.466 e. The maximum atomic E-state index is 11.9. The number of esters is 2. The van der Waals surface area contributed by atoms with Crippen molar-refractivity contribution in [2.45, 2.75) is 96.8 Å². The zero-order valence-electron chi connectivity index (χ0n) is 18.2. The Morgan fingerprint density at radius 3 is 1.97 bits per heavy atom. The van der Waals surface area contributed by atoms with Crippen LogP contribution in [0.2, 0.25) is 10.0 Å². The van der Waals surface area contributed by atoms with E-state index in [1.165, 1.54) is 25.7 Å². The maximum Gasteiger partial charge on any atom is 0.311 e. The van der Waals surface area contributed by atoms with Gasteiger partial charge in [0.2, 0.25) is 0 Å². The molecule has 0 amide bonds. The highest BCUT2D eigenvalue weighted by atomic mass is 35.5. The first-order chi connectivity index (χ1) is 14.5. The van der Waals surface area contributed by atoms with E-state index in [0.29, 0.717) is 35.2 Å². The Kier molecular flexibility index (Phi) is 15.6. The van der Waals surface area contributed by atoms with E-state index in [-0.39, 0.29) is 11.9 Å². The predicted molar refractivity (Wildman–Crippen MR) is 123 cm³/mol. The molecule has 0 aliphatic heterocycles. The first kappa shape index (κ1) is 26.8. The lowest BCUT2D eigenvalue weighted by Gasteiger charge is -2.07. The van der Waals surface area contributed by atoms with Gasteiger partial charge in [0.25, 0.3) is 0 Å². The molecule has 4 nitrogen and oxygen atoms in total. The highest BCUT2D eigenvalue weighted by molar-refractivity contribution is 6.35. The van der Waals surface area contributed by atoms with Crippen LogP contribution in [0.5, 0.6) is 5.75 Å². The van der Waals surface area contributed by atoms with Crippen LogP contribution in [0.1, 0.15) is 96.8 Å². The van der Waals surface area contributed by atoms with Crippen LogP contribution < -0.4 is 4.74 Å². The summed E-state index contributed by atoms with van der Waals surface area (Å²) in [6.07, 6.45) is 13.8. The summed E-state index contributed by atoms with van der Waals surface area (Å²) >= 11 is 11.8. The molecule has 0 atom stereocenters. The number of ether oxygens (including phenoxy) is 2. The Hall–Kier alpha value is -1.26. The van der Waals surface area contributed by atoms with Crippen molar-refractivity contribution in [3.8, 4) is 5.75 Å². The third-order valence-electron chi connectivity index (χ3n) is 4.89. The van der Waals surface area contributed by atoms with Gasteiger partial charge in [-0.2, -0.15) is 0 Å². The van der Waals surface area contributed by atoms with E-state index >= 15 is 0 Å². The van der Waals surface area contributed by atoms with Crippen LogP contribution in [-0.4, -0.2) is 18.5 Å². The lowest BCUT2D eigenvalue weighted by atomic mass is 10.1. The number of carbonyl (C=O) groups is 2. The Balaban J connectivity index is 1.92. The zero-order valence-corrected chi connectivity index (χ0v) is 19.7. The Morgan fingerprint density at radius 2 is 1.33 bits per heavy atom. The van der Waals surface area contributed by atoms with Crippen molar-refractivity contribution in [2.75, 3.05) is 6.61 Å². The van der Waals surface area contributed by atoms with Crippen molar-refractivity contribution < 1.29 is 19.1 Å². The number of rotatable bonds is 17. The van der Waals surface area contributed by atoms with Gasteiger partial charge in [0.15, 0.2) is 0 Å². The minimum atomic E-state index is -0.285. The summed E-state index contributed by atoms with van der Waals surface area (Å²) in [4.78, 5) is 23.6. The lowest BCUT2D eigenvalue weighted by Crippen LogP contribution is -2.07. The third-order valence-corrected chi connectivity index (χ3v) is 5.42. The van der Waals surface area contributed by atoms with Crippen LogP contribution >= 0.6 is 23.2 Å². The fourth-order valence-electron chi connectivity index (χ4n) is 3.12. The Morgan fingerprint density at radius 1 is 0.767 bits per heavy atom. The molecule has 0 radical (unpaired) electrons. The minimum absolute atomic E-state index is 0.0767. The molecule has 0 aliphatic rings. The van der Waals surface area contributed by atoms with Crippen molar-refractivity contribution >= 4 is 35.1 Å². The molecule has 0 aliphatic carbocycles. The van der Waals surface area contributed by atoms with Gasteiger partial charge in [-0.15, -0.1) is 0 Å². The summed E-state index contributed by atoms with van der Waals surface area (Å²) in [6, 6.07) is 4.79. The molecule has 1 aromatic carbocycles. The van der Waals surface area contributed by atoms with Crippen molar-refractivity contribution in [1.82, 2.24) is 0 Å². The van der Waals surface area contributed by atoms with Crippen molar-refractivity contribution in [2.24, 2.45) is 0 Å². The van der Waals surface area contributed by atoms with E-state index < -0.39 is 0 Å². The molecule has 0 heterocycles. The van der Waals surface area contributed by atoms with Gasteiger partial charge in [-0.1, -0.05) is 87.9 Å². The Labute approximate surface area is 191 Å². The molecule has 0 spiro atoms. The maximum absolute atomic E-state index is 11.9. The molecule has 0 aromatic heterocycles. The molecular weight excluding hydrogens is 423 g/mol. The molecule has 1 aromatic rings. The molecule has 0 unspecified atom stereocenters. The fraction of sp³-hybridized carbons (Fsp3) is 0.667. The number of halogens is 2. The number of carbonyl (C=O) groups excluding carboxylic acids is 2. The van der Waals surface area contributed by atoms with Crippen molar-refractivity contribution in [3.63, 3.8) is 0 Å². The molecule has 0 saturated carbocycles. The topological polar surface area (TPSA) is 52.6 Å². The smallest absolute Gasteiger partial charge is 0.311 e. The normalized spacial score (nSPS) is 10.8. The van der Waals surface area contributed by atoms with Gasteiger partial charge in [-0.05, 0) is 37.5 Å². The van der Waals surface area contributed by atoms with Gasteiger partial charge >= 0.3 is 11.9 Å². The van der Waals surface area contributed by atoms with Gasteiger partial charge in [-0.25, -0.2) is 0 Å². The summed E-state index contributed by atoms with van der Waals surface area (Å²) in [6.45, 7) is 2.76. The van der Waals surface area contributed by atoms with E-state index in [1.54, 1.807) is 18.2 Å². The quantitative estimate of drug-likeness (QED) is 0.135. The molecule has 6 heteroatoms. The van der Waals surface area contributed by atoms with E-state index in [0.717, 1.165) is 51.4 Å². The molecule has 0 bridgehead atoms. The molecule has 0 N–H and O–H groups in total. The van der Waals surface area contributed by atoms with Crippen LogP contribution in [0, 0.1) is 0 Å². The van der Waals surface area contributed by atoms with Gasteiger partial charge in [-0.3, -0.25) is 9.59 Å². The predicted octanol–water partition coefficient (Wildman–Crippen LogP) is 7.92. The molecule has 0 fully saturated rings. The van der Waals surface area contributed by atoms with Crippen molar-refractivity contribution in [1.29, 1.82) is 0 Å². The number of hydrogen-bond acceptors (Lipinski definition) is 4. The number of hydrogen-bond donors (Lipinski definition) is 0. The lowest BCUT2D eigenvalue weighted by molar-refractivity contribution is -0.144. The summed E-state index contributed by atoms with van der Waals surface area (Å²) in [5.74, 6) is -0.0195. The second-order valence-electron chi connectivity index (χ2n) is 7.66. The fourth-order valence-corrected chi connectivity index (χ4v) is 3.57. The monoisotopic (exact) mass is 458 g/mol. The second kappa shape index (κ2) is 17.4. The van der Waals surface area contributed by atoms with E-state index in [9.17, 15) is 9.59 Å². The van der Waals surface area contributed by atoms with Crippen LogP contribution in [0.3, 0.4) is 0 Å². The van der Waals surface area contributed by atoms with Gasteiger partial charge in [0.1, 0.15) is 5.75 Å². The summed E-state index contributed by atoms with van der Waals surface area (Å²) in [7, 11) is 0. The van der Waals surface area contributed by atoms with Crippen LogP contribution in [-0.2, 0) is 14.3 Å². The van der Waals surface area contributed by atoms with E-state index in [1.807, 2.05) is 0 Å². The van der Waals surface area contributed by atoms with Crippen LogP contribution in [0.4, 0.5) is 0 Å². The molecular formula is C24H36Cl2O4. The van der Waals surface area contributed by atoms with Crippen molar-refractivity contribution in [3.05, 3.63) is 28.2 Å². The average Bonchev–Trinajstić information content (AvgIpc) is 2.71. The van der Waals surface area contributed by atoms with Crippen LogP contribution in [0.25, 0.3) is 0 Å².